The first-order valence-electron chi connectivity index (χ1n) is 6.69. The van der Waals surface area contributed by atoms with Crippen LogP contribution in [-0.4, -0.2) is 14.7 Å². The maximum Gasteiger partial charge on any atom is 0.269 e. The molecule has 0 radical (unpaired) electrons. The van der Waals surface area contributed by atoms with E-state index < -0.39 is 0 Å². The average molecular weight is 281 g/mol. The third-order valence-electron chi connectivity index (χ3n) is 3.36. The Morgan fingerprint density at radius 1 is 1.19 bits per heavy atom. The van der Waals surface area contributed by atoms with Gasteiger partial charge in [0.2, 0.25) is 0 Å². The zero-order valence-electron chi connectivity index (χ0n) is 11.9. The quantitative estimate of drug-likeness (QED) is 0.740. The lowest BCUT2D eigenvalue weighted by atomic mass is 10.1. The summed E-state index contributed by atoms with van der Waals surface area (Å²) >= 11 is 0. The summed E-state index contributed by atoms with van der Waals surface area (Å²) < 4.78 is 6.80. The predicted octanol–water partition coefficient (Wildman–Crippen LogP) is 2.56. The van der Waals surface area contributed by atoms with Crippen molar-refractivity contribution in [1.29, 1.82) is 0 Å². The highest BCUT2D eigenvalue weighted by Gasteiger charge is 2.13. The summed E-state index contributed by atoms with van der Waals surface area (Å²) in [7, 11) is 0. The van der Waals surface area contributed by atoms with E-state index in [0.29, 0.717) is 18.0 Å². The molecule has 0 unspecified atom stereocenters. The fraction of sp³-hybridized carbons (Fsp3) is 0.188. The average Bonchev–Trinajstić information content (AvgIpc) is 2.82. The molecule has 0 aliphatic rings. The molecule has 2 heterocycles. The van der Waals surface area contributed by atoms with E-state index >= 15 is 0 Å². The Morgan fingerprint density at radius 3 is 2.62 bits per heavy atom. The van der Waals surface area contributed by atoms with Crippen molar-refractivity contribution in [3.05, 3.63) is 70.1 Å². The van der Waals surface area contributed by atoms with Gasteiger partial charge in [0, 0.05) is 6.20 Å². The van der Waals surface area contributed by atoms with E-state index in [1.807, 2.05) is 44.2 Å². The Balaban J connectivity index is 2.03. The van der Waals surface area contributed by atoms with Gasteiger partial charge in [-0.3, -0.25) is 4.79 Å². The van der Waals surface area contributed by atoms with E-state index in [4.69, 9.17) is 4.52 Å². The Bertz CT molecular complexity index is 800. The van der Waals surface area contributed by atoms with Gasteiger partial charge in [-0.2, -0.15) is 0 Å². The molecule has 106 valence electrons. The zero-order valence-corrected chi connectivity index (χ0v) is 11.9. The molecule has 21 heavy (non-hydrogen) atoms. The fourth-order valence-electron chi connectivity index (χ4n) is 2.32. The third-order valence-corrected chi connectivity index (χ3v) is 3.36. The molecule has 1 aromatic carbocycles. The van der Waals surface area contributed by atoms with Crippen LogP contribution in [0.4, 0.5) is 0 Å². The van der Waals surface area contributed by atoms with Crippen LogP contribution in [-0.2, 0) is 6.54 Å². The van der Waals surface area contributed by atoms with Crippen molar-refractivity contribution in [1.82, 2.24) is 14.7 Å². The van der Waals surface area contributed by atoms with Crippen molar-refractivity contribution < 1.29 is 4.52 Å². The van der Waals surface area contributed by atoms with Crippen molar-refractivity contribution in [2.45, 2.75) is 20.4 Å². The van der Waals surface area contributed by atoms with Gasteiger partial charge in [0.25, 0.3) is 5.56 Å². The number of hydrogen-bond acceptors (Lipinski definition) is 4. The molecule has 0 aliphatic heterocycles. The number of nitrogens with zero attached hydrogens (tertiary/aromatic N) is 3. The van der Waals surface area contributed by atoms with Gasteiger partial charge in [-0.1, -0.05) is 35.5 Å². The van der Waals surface area contributed by atoms with Crippen LogP contribution in [0.5, 0.6) is 0 Å². The molecule has 0 saturated heterocycles. The van der Waals surface area contributed by atoms with Crippen molar-refractivity contribution >= 4 is 0 Å². The molecule has 3 rings (SSSR count). The highest BCUT2D eigenvalue weighted by molar-refractivity contribution is 5.62. The molecular weight excluding hydrogens is 266 g/mol. The van der Waals surface area contributed by atoms with E-state index in [-0.39, 0.29) is 5.56 Å². The van der Waals surface area contributed by atoms with Gasteiger partial charge in [-0.15, -0.1) is 0 Å². The van der Waals surface area contributed by atoms with E-state index in [9.17, 15) is 4.79 Å². The lowest BCUT2D eigenvalue weighted by Crippen LogP contribution is -2.20. The number of aromatic nitrogens is 3. The van der Waals surface area contributed by atoms with Crippen LogP contribution in [0.2, 0.25) is 0 Å². The second-order valence-corrected chi connectivity index (χ2v) is 4.92. The molecule has 0 spiro atoms. The van der Waals surface area contributed by atoms with E-state index in [2.05, 4.69) is 10.1 Å². The molecule has 0 aliphatic carbocycles. The van der Waals surface area contributed by atoms with Crippen LogP contribution in [0, 0.1) is 13.8 Å². The van der Waals surface area contributed by atoms with Gasteiger partial charge in [0.05, 0.1) is 29.7 Å². The molecule has 5 heteroatoms. The summed E-state index contributed by atoms with van der Waals surface area (Å²) in [5.74, 6) is 0.699. The maximum atomic E-state index is 12.0. The SMILES string of the molecule is Cc1noc(C)c1-c1cn(Cc2ccccc2)c(=O)cn1. The van der Waals surface area contributed by atoms with Gasteiger partial charge in [0.15, 0.2) is 0 Å². The number of hydrogen-bond donors (Lipinski definition) is 0. The summed E-state index contributed by atoms with van der Waals surface area (Å²) in [5, 5.41) is 3.93. The van der Waals surface area contributed by atoms with Crippen molar-refractivity contribution in [3.8, 4) is 11.3 Å². The molecule has 5 nitrogen and oxygen atoms in total. The number of rotatable bonds is 3. The van der Waals surface area contributed by atoms with Crippen LogP contribution < -0.4 is 5.56 Å². The predicted molar refractivity (Wildman–Crippen MR) is 79.0 cm³/mol. The zero-order chi connectivity index (χ0) is 14.8. The van der Waals surface area contributed by atoms with E-state index in [1.54, 1.807) is 10.8 Å². The normalized spacial score (nSPS) is 10.8. The van der Waals surface area contributed by atoms with Gasteiger partial charge < -0.3 is 9.09 Å². The van der Waals surface area contributed by atoms with Crippen molar-refractivity contribution in [2.24, 2.45) is 0 Å². The minimum atomic E-state index is -0.130. The third kappa shape index (κ3) is 2.63. The van der Waals surface area contributed by atoms with Gasteiger partial charge >= 0.3 is 0 Å². The van der Waals surface area contributed by atoms with Crippen LogP contribution in [0.1, 0.15) is 17.0 Å². The highest BCUT2D eigenvalue weighted by atomic mass is 16.5. The summed E-state index contributed by atoms with van der Waals surface area (Å²) in [6.45, 7) is 4.21. The van der Waals surface area contributed by atoms with E-state index in [0.717, 1.165) is 16.8 Å². The Morgan fingerprint density at radius 2 is 1.95 bits per heavy atom. The first kappa shape index (κ1) is 13.3. The standard InChI is InChI=1S/C16H15N3O2/c1-11-16(12(2)21-18-11)14-10-19(15(20)8-17-14)9-13-6-4-3-5-7-13/h3-8,10H,9H2,1-2H3. The molecule has 0 saturated carbocycles. The lowest BCUT2D eigenvalue weighted by molar-refractivity contribution is 0.393. The fourth-order valence-corrected chi connectivity index (χ4v) is 2.32. The first-order chi connectivity index (χ1) is 10.1. The van der Waals surface area contributed by atoms with Crippen LogP contribution in [0.15, 0.2) is 52.0 Å². The molecule has 3 aromatic rings. The number of benzene rings is 1. The number of aryl methyl sites for hydroxylation is 2. The molecule has 0 fully saturated rings. The molecule has 0 amide bonds. The minimum absolute atomic E-state index is 0.130. The largest absolute Gasteiger partial charge is 0.361 e. The Kier molecular flexibility index (Phi) is 3.39. The molecule has 2 aromatic heterocycles. The summed E-state index contributed by atoms with van der Waals surface area (Å²) in [6.07, 6.45) is 3.09. The second-order valence-electron chi connectivity index (χ2n) is 4.92. The molecular formula is C16H15N3O2. The van der Waals surface area contributed by atoms with Crippen LogP contribution >= 0.6 is 0 Å². The smallest absolute Gasteiger partial charge is 0.269 e. The lowest BCUT2D eigenvalue weighted by Gasteiger charge is -2.07. The van der Waals surface area contributed by atoms with Gasteiger partial charge in [0.1, 0.15) is 5.76 Å². The summed E-state index contributed by atoms with van der Waals surface area (Å²) in [4.78, 5) is 16.2. The van der Waals surface area contributed by atoms with Crippen LogP contribution in [0.25, 0.3) is 11.3 Å². The Labute approximate surface area is 121 Å². The highest BCUT2D eigenvalue weighted by Crippen LogP contribution is 2.23. The molecule has 0 bridgehead atoms. The minimum Gasteiger partial charge on any atom is -0.361 e. The topological polar surface area (TPSA) is 60.9 Å². The van der Waals surface area contributed by atoms with Crippen molar-refractivity contribution in [3.63, 3.8) is 0 Å². The van der Waals surface area contributed by atoms with Gasteiger partial charge in [-0.05, 0) is 19.4 Å². The molecule has 0 N–H and O–H groups in total. The van der Waals surface area contributed by atoms with Crippen molar-refractivity contribution in [2.75, 3.05) is 0 Å². The molecule has 0 atom stereocenters. The monoisotopic (exact) mass is 281 g/mol. The van der Waals surface area contributed by atoms with Crippen LogP contribution in [0.3, 0.4) is 0 Å². The summed E-state index contributed by atoms with van der Waals surface area (Å²) in [5.41, 5.74) is 3.24. The second kappa shape index (κ2) is 5.36. The Hall–Kier alpha value is -2.69. The first-order valence-corrected chi connectivity index (χ1v) is 6.69. The van der Waals surface area contributed by atoms with Gasteiger partial charge in [-0.25, -0.2) is 4.98 Å². The van der Waals surface area contributed by atoms with E-state index in [1.165, 1.54) is 6.20 Å². The maximum absolute atomic E-state index is 12.0. The summed E-state index contributed by atoms with van der Waals surface area (Å²) in [6, 6.07) is 9.84.